The van der Waals surface area contributed by atoms with Crippen LogP contribution in [-0.4, -0.2) is 60.2 Å². The van der Waals surface area contributed by atoms with Crippen LogP contribution < -0.4 is 5.32 Å². The highest BCUT2D eigenvalue weighted by atomic mass is 16.6. The summed E-state index contributed by atoms with van der Waals surface area (Å²) < 4.78 is 12.7. The Morgan fingerprint density at radius 1 is 1.42 bits per heavy atom. The summed E-state index contributed by atoms with van der Waals surface area (Å²) in [5, 5.41) is 21.7. The number of anilines is 1. The summed E-state index contributed by atoms with van der Waals surface area (Å²) in [6, 6.07) is 0. The van der Waals surface area contributed by atoms with Crippen LogP contribution in [-0.2, 0) is 9.47 Å². The van der Waals surface area contributed by atoms with Gasteiger partial charge in [0.15, 0.2) is 17.0 Å². The van der Waals surface area contributed by atoms with Crippen molar-refractivity contribution in [2.24, 2.45) is 0 Å². The summed E-state index contributed by atoms with van der Waals surface area (Å²) >= 11 is 0. The van der Waals surface area contributed by atoms with E-state index in [1.807, 2.05) is 0 Å². The maximum Gasteiger partial charge on any atom is 0.413 e. The molecule has 1 aliphatic heterocycles. The van der Waals surface area contributed by atoms with Gasteiger partial charge in [-0.1, -0.05) is 0 Å². The quantitative estimate of drug-likeness (QED) is 0.736. The molecular formula is C16H23N5O5. The topological polar surface area (TPSA) is 132 Å². The molecule has 142 valence electrons. The number of aliphatic hydroxyl groups is 2. The number of fused-ring (bicyclic) bond motifs is 1. The van der Waals surface area contributed by atoms with E-state index in [0.717, 1.165) is 0 Å². The molecule has 10 heteroatoms. The van der Waals surface area contributed by atoms with Gasteiger partial charge in [-0.2, -0.15) is 0 Å². The molecule has 0 unspecified atom stereocenters. The van der Waals surface area contributed by atoms with Crippen molar-refractivity contribution in [1.82, 2.24) is 19.5 Å². The van der Waals surface area contributed by atoms with Gasteiger partial charge in [0.05, 0.1) is 18.5 Å². The van der Waals surface area contributed by atoms with E-state index in [0.29, 0.717) is 24.0 Å². The lowest BCUT2D eigenvalue weighted by Crippen LogP contribution is -2.27. The molecule has 2 aromatic rings. The van der Waals surface area contributed by atoms with E-state index in [-0.39, 0.29) is 12.4 Å². The molecule has 10 nitrogen and oxygen atoms in total. The summed E-state index contributed by atoms with van der Waals surface area (Å²) in [6.07, 6.45) is 1.33. The highest BCUT2D eigenvalue weighted by Gasteiger charge is 2.35. The molecule has 0 spiro atoms. The fourth-order valence-electron chi connectivity index (χ4n) is 2.83. The molecule has 2 aromatic heterocycles. The smallest absolute Gasteiger partial charge is 0.413 e. The van der Waals surface area contributed by atoms with Crippen molar-refractivity contribution in [3.05, 3.63) is 12.7 Å². The summed E-state index contributed by atoms with van der Waals surface area (Å²) in [6.45, 7) is 5.23. The van der Waals surface area contributed by atoms with Gasteiger partial charge in [-0.15, -0.1) is 0 Å². The van der Waals surface area contributed by atoms with Crippen molar-refractivity contribution in [1.29, 1.82) is 0 Å². The molecule has 1 fully saturated rings. The molecule has 0 bridgehead atoms. The summed E-state index contributed by atoms with van der Waals surface area (Å²) in [7, 11) is 0. The van der Waals surface area contributed by atoms with E-state index in [9.17, 15) is 9.90 Å². The van der Waals surface area contributed by atoms with Gasteiger partial charge in [0, 0.05) is 13.0 Å². The first-order valence-electron chi connectivity index (χ1n) is 8.40. The first-order valence-corrected chi connectivity index (χ1v) is 8.40. The molecule has 0 aromatic carbocycles. The molecule has 3 N–H and O–H groups in total. The summed E-state index contributed by atoms with van der Waals surface area (Å²) in [5.74, 6) is 0.230. The maximum absolute atomic E-state index is 12.0. The third-order valence-electron chi connectivity index (χ3n) is 3.91. The molecule has 1 aliphatic rings. The van der Waals surface area contributed by atoms with E-state index >= 15 is 0 Å². The second kappa shape index (κ2) is 7.14. The lowest BCUT2D eigenvalue weighted by Gasteiger charge is -2.19. The Balaban J connectivity index is 1.82. The van der Waals surface area contributed by atoms with Gasteiger partial charge < -0.3 is 19.7 Å². The zero-order valence-corrected chi connectivity index (χ0v) is 14.9. The number of imidazole rings is 1. The number of hydrogen-bond acceptors (Lipinski definition) is 8. The fraction of sp³-hybridized carbons (Fsp3) is 0.625. The number of aromatic nitrogens is 4. The SMILES string of the molecule is CC(C)(C)OC(=O)Nc1ncnc2c1ncn2[C@H]1C[C@@H](O)[C@@H](CCO)O1. The van der Waals surface area contributed by atoms with E-state index in [4.69, 9.17) is 14.6 Å². The number of nitrogens with one attached hydrogen (secondary N) is 1. The predicted octanol–water partition coefficient (Wildman–Crippen LogP) is 1.20. The third kappa shape index (κ3) is 3.92. The number of carbonyl (C=O) groups is 1. The lowest BCUT2D eigenvalue weighted by molar-refractivity contribution is -0.0275. The van der Waals surface area contributed by atoms with Crippen LogP contribution in [0.2, 0.25) is 0 Å². The van der Waals surface area contributed by atoms with E-state index in [1.165, 1.54) is 12.7 Å². The standard InChI is InChI=1S/C16H23N5O5/c1-16(2,3)26-15(24)20-13-12-14(18-7-17-13)21(8-19-12)11-6-9(23)10(25-11)4-5-22/h7-11,22-23H,4-6H2,1-3H3,(H,17,18,20,24)/t9-,10-,11-/m1/s1. The number of carbonyl (C=O) groups excluding carboxylic acids is 1. The van der Waals surface area contributed by atoms with E-state index in [1.54, 1.807) is 25.3 Å². The number of ether oxygens (including phenoxy) is 2. The van der Waals surface area contributed by atoms with E-state index in [2.05, 4.69) is 20.3 Å². The first-order chi connectivity index (χ1) is 12.3. The van der Waals surface area contributed by atoms with Crippen LogP contribution in [0, 0.1) is 0 Å². The van der Waals surface area contributed by atoms with Gasteiger partial charge in [0.2, 0.25) is 0 Å². The Hall–Kier alpha value is -2.30. The third-order valence-corrected chi connectivity index (χ3v) is 3.91. The van der Waals surface area contributed by atoms with Crippen LogP contribution in [0.4, 0.5) is 10.6 Å². The monoisotopic (exact) mass is 365 g/mol. The normalized spacial score (nSPS) is 23.3. The van der Waals surface area contributed by atoms with Crippen molar-refractivity contribution in [3.63, 3.8) is 0 Å². The Morgan fingerprint density at radius 2 is 2.19 bits per heavy atom. The number of hydrogen-bond donors (Lipinski definition) is 3. The largest absolute Gasteiger partial charge is 0.444 e. The lowest BCUT2D eigenvalue weighted by atomic mass is 10.1. The Kier molecular flexibility index (Phi) is 5.08. The van der Waals surface area contributed by atoms with Crippen LogP contribution >= 0.6 is 0 Å². The Morgan fingerprint density at radius 3 is 2.88 bits per heavy atom. The van der Waals surface area contributed by atoms with Crippen molar-refractivity contribution in [2.45, 2.75) is 57.6 Å². The van der Waals surface area contributed by atoms with Crippen LogP contribution in [0.25, 0.3) is 11.2 Å². The average Bonchev–Trinajstić information content (AvgIpc) is 3.10. The van der Waals surface area contributed by atoms with Crippen molar-refractivity contribution >= 4 is 23.1 Å². The Labute approximate surface area is 150 Å². The van der Waals surface area contributed by atoms with Gasteiger partial charge in [-0.3, -0.25) is 9.88 Å². The zero-order chi connectivity index (χ0) is 18.9. The second-order valence-corrected chi connectivity index (χ2v) is 7.12. The van der Waals surface area contributed by atoms with Gasteiger partial charge in [-0.25, -0.2) is 19.7 Å². The fourth-order valence-corrected chi connectivity index (χ4v) is 2.83. The first kappa shape index (κ1) is 18.5. The minimum atomic E-state index is -0.675. The van der Waals surface area contributed by atoms with Gasteiger partial charge >= 0.3 is 6.09 Å². The highest BCUT2D eigenvalue weighted by molar-refractivity contribution is 5.93. The minimum Gasteiger partial charge on any atom is -0.444 e. The van der Waals surface area contributed by atoms with Gasteiger partial charge in [-0.05, 0) is 27.2 Å². The Bertz CT molecular complexity index is 787. The molecule has 3 rings (SSSR count). The molecule has 3 heterocycles. The van der Waals surface area contributed by atoms with Gasteiger partial charge in [0.1, 0.15) is 18.2 Å². The summed E-state index contributed by atoms with van der Waals surface area (Å²) in [5.41, 5.74) is 0.223. The molecule has 1 saturated heterocycles. The highest BCUT2D eigenvalue weighted by Crippen LogP contribution is 2.32. The number of rotatable bonds is 4. The minimum absolute atomic E-state index is 0.0642. The van der Waals surface area contributed by atoms with Crippen LogP contribution in [0.3, 0.4) is 0 Å². The van der Waals surface area contributed by atoms with Gasteiger partial charge in [0.25, 0.3) is 0 Å². The van der Waals surface area contributed by atoms with Crippen LogP contribution in [0.5, 0.6) is 0 Å². The maximum atomic E-state index is 12.0. The molecule has 0 aliphatic carbocycles. The second-order valence-electron chi connectivity index (χ2n) is 7.12. The molecular weight excluding hydrogens is 342 g/mol. The molecule has 1 amide bonds. The number of aliphatic hydroxyl groups excluding tert-OH is 2. The average molecular weight is 365 g/mol. The van der Waals surface area contributed by atoms with E-state index < -0.39 is 30.1 Å². The van der Waals surface area contributed by atoms with Crippen molar-refractivity contribution < 1.29 is 24.5 Å². The number of nitrogens with zero attached hydrogens (tertiary/aromatic N) is 4. The summed E-state index contributed by atoms with van der Waals surface area (Å²) in [4.78, 5) is 24.5. The van der Waals surface area contributed by atoms with Crippen molar-refractivity contribution in [3.8, 4) is 0 Å². The molecule has 0 saturated carbocycles. The van der Waals surface area contributed by atoms with Crippen molar-refractivity contribution in [2.75, 3.05) is 11.9 Å². The molecule has 26 heavy (non-hydrogen) atoms. The van der Waals surface area contributed by atoms with Crippen LogP contribution in [0.1, 0.15) is 39.8 Å². The van der Waals surface area contributed by atoms with Crippen LogP contribution in [0.15, 0.2) is 12.7 Å². The zero-order valence-electron chi connectivity index (χ0n) is 14.9. The number of amides is 1. The predicted molar refractivity (Wildman–Crippen MR) is 91.4 cm³/mol. The molecule has 3 atom stereocenters. The molecule has 0 radical (unpaired) electrons.